The molecule has 0 fully saturated rings. The van der Waals surface area contributed by atoms with Crippen molar-refractivity contribution in [2.75, 3.05) is 6.61 Å². The summed E-state index contributed by atoms with van der Waals surface area (Å²) in [6.07, 6.45) is 1.55. The van der Waals surface area contributed by atoms with E-state index in [9.17, 15) is 9.59 Å². The molecule has 0 amide bonds. The van der Waals surface area contributed by atoms with Crippen molar-refractivity contribution in [2.24, 2.45) is 0 Å². The van der Waals surface area contributed by atoms with Gasteiger partial charge in [-0.1, -0.05) is 0 Å². The van der Waals surface area contributed by atoms with Crippen LogP contribution in [0.3, 0.4) is 0 Å². The van der Waals surface area contributed by atoms with E-state index in [2.05, 4.69) is 0 Å². The van der Waals surface area contributed by atoms with Crippen molar-refractivity contribution < 1.29 is 28.2 Å². The minimum atomic E-state index is -0.572. The highest BCUT2D eigenvalue weighted by Gasteiger charge is 2.28. The summed E-state index contributed by atoms with van der Waals surface area (Å²) in [5, 5.41) is 0. The van der Waals surface area contributed by atoms with Crippen LogP contribution in [0.4, 0.5) is 0 Å². The fourth-order valence-electron chi connectivity index (χ4n) is 2.43. The van der Waals surface area contributed by atoms with Crippen LogP contribution >= 0.6 is 0 Å². The van der Waals surface area contributed by atoms with Gasteiger partial charge in [0.1, 0.15) is 28.6 Å². The Labute approximate surface area is 151 Å². The highest BCUT2D eigenvalue weighted by atomic mass is 16.6. The van der Waals surface area contributed by atoms with E-state index < -0.39 is 11.6 Å². The third-order valence-corrected chi connectivity index (χ3v) is 3.45. The Kier molecular flexibility index (Phi) is 4.59. The number of Topliss-reactive ketones (excluding diaryl/α,β-unsaturated/α-hetero) is 1. The van der Waals surface area contributed by atoms with Crippen LogP contribution in [0.1, 0.15) is 42.6 Å². The van der Waals surface area contributed by atoms with Crippen molar-refractivity contribution in [1.29, 1.82) is 0 Å². The van der Waals surface area contributed by atoms with E-state index in [1.807, 2.05) is 13.0 Å². The SMILES string of the molecule is Cc1ccc(C=C2Oc3cc(OCC(=O)OC(C)(C)C)ccc3C2=O)o1. The Morgan fingerprint density at radius 2 is 1.96 bits per heavy atom. The fourth-order valence-corrected chi connectivity index (χ4v) is 2.43. The predicted octanol–water partition coefficient (Wildman–Crippen LogP) is 3.92. The molecule has 1 aromatic heterocycles. The van der Waals surface area contributed by atoms with Gasteiger partial charge in [-0.15, -0.1) is 0 Å². The molecule has 1 aliphatic rings. The molecule has 2 heterocycles. The van der Waals surface area contributed by atoms with Gasteiger partial charge >= 0.3 is 5.97 Å². The summed E-state index contributed by atoms with van der Waals surface area (Å²) in [7, 11) is 0. The number of rotatable bonds is 4. The number of furan rings is 1. The van der Waals surface area contributed by atoms with Crippen LogP contribution in [0.5, 0.6) is 11.5 Å². The third-order valence-electron chi connectivity index (χ3n) is 3.45. The summed E-state index contributed by atoms with van der Waals surface area (Å²) in [5.41, 5.74) is -0.137. The number of hydrogen-bond acceptors (Lipinski definition) is 6. The molecule has 0 saturated heterocycles. The van der Waals surface area contributed by atoms with Gasteiger partial charge < -0.3 is 18.6 Å². The van der Waals surface area contributed by atoms with Crippen LogP contribution in [-0.4, -0.2) is 24.0 Å². The lowest BCUT2D eigenvalue weighted by molar-refractivity contribution is -0.157. The van der Waals surface area contributed by atoms with Crippen LogP contribution in [0.2, 0.25) is 0 Å². The number of esters is 1. The number of hydrogen-bond donors (Lipinski definition) is 0. The molecule has 6 heteroatoms. The van der Waals surface area contributed by atoms with Gasteiger partial charge in [0.15, 0.2) is 12.4 Å². The van der Waals surface area contributed by atoms with Crippen LogP contribution < -0.4 is 9.47 Å². The third kappa shape index (κ3) is 4.14. The molecule has 6 nitrogen and oxygen atoms in total. The molecule has 0 radical (unpaired) electrons. The van der Waals surface area contributed by atoms with Gasteiger partial charge in [0.25, 0.3) is 0 Å². The summed E-state index contributed by atoms with van der Waals surface area (Å²) >= 11 is 0. The summed E-state index contributed by atoms with van der Waals surface area (Å²) in [6, 6.07) is 8.37. The molecule has 26 heavy (non-hydrogen) atoms. The molecule has 0 N–H and O–H groups in total. The second-order valence-electron chi connectivity index (χ2n) is 6.92. The topological polar surface area (TPSA) is 75.0 Å². The molecule has 1 aliphatic heterocycles. The van der Waals surface area contributed by atoms with Crippen molar-refractivity contribution in [3.63, 3.8) is 0 Å². The number of ether oxygens (including phenoxy) is 3. The normalized spacial score (nSPS) is 14.9. The highest BCUT2D eigenvalue weighted by Crippen LogP contribution is 2.35. The van der Waals surface area contributed by atoms with Gasteiger partial charge in [0, 0.05) is 12.1 Å². The average molecular weight is 356 g/mol. The lowest BCUT2D eigenvalue weighted by Crippen LogP contribution is -2.27. The van der Waals surface area contributed by atoms with Crippen LogP contribution in [0.25, 0.3) is 6.08 Å². The van der Waals surface area contributed by atoms with Crippen LogP contribution in [-0.2, 0) is 9.53 Å². The first-order valence-electron chi connectivity index (χ1n) is 8.21. The van der Waals surface area contributed by atoms with Crippen molar-refractivity contribution >= 4 is 17.8 Å². The predicted molar refractivity (Wildman–Crippen MR) is 94.2 cm³/mol. The number of benzene rings is 1. The summed E-state index contributed by atoms with van der Waals surface area (Å²) < 4.78 is 21.7. The van der Waals surface area contributed by atoms with Gasteiger partial charge in [-0.25, -0.2) is 4.79 Å². The number of fused-ring (bicyclic) bond motifs is 1. The van der Waals surface area contributed by atoms with Crippen molar-refractivity contribution in [2.45, 2.75) is 33.3 Å². The first-order chi connectivity index (χ1) is 12.2. The average Bonchev–Trinajstić information content (AvgIpc) is 3.08. The maximum atomic E-state index is 12.4. The molecule has 1 aromatic carbocycles. The molecular formula is C20H20O6. The molecule has 0 atom stereocenters. The standard InChI is InChI=1S/C20H20O6/c1-12-5-6-14(24-12)10-17-19(22)15-8-7-13(9-16(15)25-17)23-11-18(21)26-20(2,3)4/h5-10H,11H2,1-4H3. The number of carbonyl (C=O) groups is 2. The number of aryl methyl sites for hydroxylation is 1. The van der Waals surface area contributed by atoms with E-state index >= 15 is 0 Å². The van der Waals surface area contributed by atoms with Gasteiger partial charge in [0.2, 0.25) is 5.78 Å². The van der Waals surface area contributed by atoms with Crippen molar-refractivity contribution in [1.82, 2.24) is 0 Å². The Bertz CT molecular complexity index is 882. The van der Waals surface area contributed by atoms with Crippen molar-refractivity contribution in [3.05, 3.63) is 53.2 Å². The Morgan fingerprint density at radius 1 is 1.19 bits per heavy atom. The van der Waals surface area contributed by atoms with E-state index in [-0.39, 0.29) is 18.1 Å². The zero-order valence-corrected chi connectivity index (χ0v) is 15.1. The van der Waals surface area contributed by atoms with Crippen LogP contribution in [0.15, 0.2) is 40.5 Å². The zero-order valence-electron chi connectivity index (χ0n) is 15.1. The maximum Gasteiger partial charge on any atom is 0.344 e. The molecule has 136 valence electrons. The highest BCUT2D eigenvalue weighted by molar-refractivity contribution is 6.14. The van der Waals surface area contributed by atoms with E-state index in [1.165, 1.54) is 0 Å². The van der Waals surface area contributed by atoms with Gasteiger partial charge in [-0.2, -0.15) is 0 Å². The Morgan fingerprint density at radius 3 is 2.62 bits per heavy atom. The molecule has 0 bridgehead atoms. The lowest BCUT2D eigenvalue weighted by atomic mass is 10.1. The van der Waals surface area contributed by atoms with Gasteiger partial charge in [-0.05, 0) is 52.0 Å². The van der Waals surface area contributed by atoms with E-state index in [0.717, 1.165) is 5.76 Å². The molecular weight excluding hydrogens is 336 g/mol. The number of allylic oxidation sites excluding steroid dienone is 1. The summed E-state index contributed by atoms with van der Waals surface area (Å²) in [4.78, 5) is 24.1. The molecule has 0 saturated carbocycles. The summed E-state index contributed by atoms with van der Waals surface area (Å²) in [6.45, 7) is 6.96. The maximum absolute atomic E-state index is 12.4. The number of ketones is 1. The van der Waals surface area contributed by atoms with E-state index in [4.69, 9.17) is 18.6 Å². The molecule has 0 aliphatic carbocycles. The second kappa shape index (κ2) is 6.71. The fraction of sp³-hybridized carbons (Fsp3) is 0.300. The lowest BCUT2D eigenvalue weighted by Gasteiger charge is -2.19. The molecule has 0 spiro atoms. The van der Waals surface area contributed by atoms with Crippen LogP contribution in [0, 0.1) is 6.92 Å². The molecule has 2 aromatic rings. The first-order valence-corrected chi connectivity index (χ1v) is 8.21. The monoisotopic (exact) mass is 356 g/mol. The number of carbonyl (C=O) groups excluding carboxylic acids is 2. The van der Waals surface area contributed by atoms with Gasteiger partial charge in [-0.3, -0.25) is 4.79 Å². The first kappa shape index (κ1) is 17.8. The molecule has 3 rings (SSSR count). The van der Waals surface area contributed by atoms with Gasteiger partial charge in [0.05, 0.1) is 5.56 Å². The largest absolute Gasteiger partial charge is 0.482 e. The van der Waals surface area contributed by atoms with E-state index in [1.54, 1.807) is 51.1 Å². The Hall–Kier alpha value is -3.02. The minimum absolute atomic E-state index is 0.179. The Balaban J connectivity index is 1.69. The smallest absolute Gasteiger partial charge is 0.344 e. The minimum Gasteiger partial charge on any atom is -0.482 e. The second-order valence-corrected chi connectivity index (χ2v) is 6.92. The van der Waals surface area contributed by atoms with Crippen molar-refractivity contribution in [3.8, 4) is 11.5 Å². The molecule has 0 unspecified atom stereocenters. The summed E-state index contributed by atoms with van der Waals surface area (Å²) in [5.74, 6) is 1.57. The zero-order chi connectivity index (χ0) is 18.9. The van der Waals surface area contributed by atoms with E-state index in [0.29, 0.717) is 22.8 Å². The quantitative estimate of drug-likeness (QED) is 0.610.